The van der Waals surface area contributed by atoms with E-state index >= 15 is 0 Å². The van der Waals surface area contributed by atoms with Crippen molar-refractivity contribution in [2.45, 2.75) is 19.9 Å². The van der Waals surface area contributed by atoms with Crippen molar-refractivity contribution in [1.82, 2.24) is 5.32 Å². The summed E-state index contributed by atoms with van der Waals surface area (Å²) in [6, 6.07) is 7.21. The summed E-state index contributed by atoms with van der Waals surface area (Å²) >= 11 is 0. The molecule has 1 aromatic rings. The summed E-state index contributed by atoms with van der Waals surface area (Å²) < 4.78 is 0. The molecule has 5 nitrogen and oxygen atoms in total. The van der Waals surface area contributed by atoms with Gasteiger partial charge in [0.1, 0.15) is 6.54 Å². The third-order valence-corrected chi connectivity index (χ3v) is 2.00. The fraction of sp³-hybridized carbons (Fsp3) is 0.333. The lowest BCUT2D eigenvalue weighted by atomic mass is 10.2. The predicted octanol–water partition coefficient (Wildman–Crippen LogP) is 1.32. The Bertz CT molecular complexity index is 399. The van der Waals surface area contributed by atoms with E-state index in [4.69, 9.17) is 5.11 Å². The summed E-state index contributed by atoms with van der Waals surface area (Å²) in [5, 5.41) is 13.9. The molecule has 0 radical (unpaired) electrons. The van der Waals surface area contributed by atoms with Gasteiger partial charge in [-0.05, 0) is 38.1 Å². The van der Waals surface area contributed by atoms with Gasteiger partial charge in [0.05, 0.1) is 0 Å². The summed E-state index contributed by atoms with van der Waals surface area (Å²) in [5.74, 6) is -1.44. The number of anilines is 1. The summed E-state index contributed by atoms with van der Waals surface area (Å²) in [7, 11) is 0. The van der Waals surface area contributed by atoms with Crippen molar-refractivity contribution in [3.63, 3.8) is 0 Å². The zero-order valence-electron chi connectivity index (χ0n) is 9.86. The zero-order chi connectivity index (χ0) is 12.8. The molecule has 0 saturated carbocycles. The lowest BCUT2D eigenvalue weighted by Crippen LogP contribution is -2.29. The number of nitrogens with one attached hydrogen (secondary N) is 2. The second kappa shape index (κ2) is 5.89. The Morgan fingerprint density at radius 3 is 2.29 bits per heavy atom. The number of hydrogen-bond acceptors (Lipinski definition) is 3. The lowest BCUT2D eigenvalue weighted by molar-refractivity contribution is -0.135. The van der Waals surface area contributed by atoms with Crippen LogP contribution in [0.15, 0.2) is 24.3 Å². The molecule has 0 spiro atoms. The Hall–Kier alpha value is -2.04. The van der Waals surface area contributed by atoms with E-state index in [1.54, 1.807) is 24.3 Å². The van der Waals surface area contributed by atoms with Crippen molar-refractivity contribution in [1.29, 1.82) is 0 Å². The minimum absolute atomic E-state index is 0.321. The Balaban J connectivity index is 2.60. The van der Waals surface area contributed by atoms with Crippen molar-refractivity contribution in [2.24, 2.45) is 0 Å². The highest BCUT2D eigenvalue weighted by Gasteiger charge is 2.06. The van der Waals surface area contributed by atoms with E-state index in [1.807, 2.05) is 13.8 Å². The first-order valence-electron chi connectivity index (χ1n) is 5.35. The van der Waals surface area contributed by atoms with Gasteiger partial charge in [-0.3, -0.25) is 9.59 Å². The molecular weight excluding hydrogens is 220 g/mol. The highest BCUT2D eigenvalue weighted by Crippen LogP contribution is 2.10. The smallest absolute Gasteiger partial charge is 0.322 e. The first kappa shape index (κ1) is 13.0. The maximum absolute atomic E-state index is 11.5. The molecule has 0 aromatic heterocycles. The average Bonchev–Trinajstić information content (AvgIpc) is 2.26. The van der Waals surface area contributed by atoms with Crippen molar-refractivity contribution in [2.75, 3.05) is 11.9 Å². The van der Waals surface area contributed by atoms with Crippen LogP contribution in [0.4, 0.5) is 5.69 Å². The van der Waals surface area contributed by atoms with Crippen molar-refractivity contribution < 1.29 is 14.7 Å². The van der Waals surface area contributed by atoms with Gasteiger partial charge in [-0.25, -0.2) is 0 Å². The molecule has 1 amide bonds. The number of carboxylic acids is 1. The maximum atomic E-state index is 11.5. The quantitative estimate of drug-likeness (QED) is 0.720. The number of aliphatic carboxylic acids is 1. The number of carbonyl (C=O) groups excluding carboxylic acids is 1. The molecular formula is C12H16N2O3. The molecule has 17 heavy (non-hydrogen) atoms. The number of benzene rings is 1. The number of rotatable bonds is 5. The van der Waals surface area contributed by atoms with Crippen molar-refractivity contribution in [3.05, 3.63) is 29.8 Å². The van der Waals surface area contributed by atoms with Gasteiger partial charge in [0.15, 0.2) is 0 Å². The molecule has 0 bridgehead atoms. The summed E-state index contributed by atoms with van der Waals surface area (Å²) in [6.07, 6.45) is 0. The fourth-order valence-electron chi connectivity index (χ4n) is 1.31. The van der Waals surface area contributed by atoms with Gasteiger partial charge in [-0.15, -0.1) is 0 Å². The number of carboxylic acid groups (broad SMARTS) is 1. The van der Waals surface area contributed by atoms with Gasteiger partial charge in [0, 0.05) is 17.3 Å². The van der Waals surface area contributed by atoms with Gasteiger partial charge in [0.2, 0.25) is 0 Å². The molecule has 0 fully saturated rings. The minimum atomic E-state index is -1.06. The van der Waals surface area contributed by atoms with Crippen LogP contribution < -0.4 is 10.6 Å². The summed E-state index contributed by atoms with van der Waals surface area (Å²) in [6.45, 7) is 3.67. The molecule has 0 aliphatic rings. The summed E-state index contributed by atoms with van der Waals surface area (Å²) in [4.78, 5) is 21.8. The highest BCUT2D eigenvalue weighted by atomic mass is 16.4. The first-order chi connectivity index (χ1) is 7.99. The standard InChI is InChI=1S/C12H16N2O3/c1-8(2)14-10-5-3-9(4-6-10)12(17)13-7-11(15)16/h3-6,8,14H,7H2,1-2H3,(H,13,17)(H,15,16). The van der Waals surface area contributed by atoms with Crippen LogP contribution in [-0.4, -0.2) is 29.6 Å². The Labute approximate surface area is 99.8 Å². The third kappa shape index (κ3) is 4.55. The third-order valence-electron chi connectivity index (χ3n) is 2.00. The van der Waals surface area contributed by atoms with Crippen LogP contribution in [0.25, 0.3) is 0 Å². The maximum Gasteiger partial charge on any atom is 0.322 e. The van der Waals surface area contributed by atoms with Crippen LogP contribution >= 0.6 is 0 Å². The number of hydrogen-bond donors (Lipinski definition) is 3. The van der Waals surface area contributed by atoms with Crippen LogP contribution in [-0.2, 0) is 4.79 Å². The van der Waals surface area contributed by atoms with Gasteiger partial charge < -0.3 is 15.7 Å². The predicted molar refractivity (Wildman–Crippen MR) is 65.2 cm³/mol. The Kier molecular flexibility index (Phi) is 4.51. The van der Waals surface area contributed by atoms with E-state index in [-0.39, 0.29) is 12.5 Å². The lowest BCUT2D eigenvalue weighted by Gasteiger charge is -2.10. The van der Waals surface area contributed by atoms with Crippen LogP contribution in [0.5, 0.6) is 0 Å². The minimum Gasteiger partial charge on any atom is -0.480 e. The summed E-state index contributed by atoms with van der Waals surface area (Å²) in [5.41, 5.74) is 1.37. The Morgan fingerprint density at radius 2 is 1.82 bits per heavy atom. The SMILES string of the molecule is CC(C)Nc1ccc(C(=O)NCC(=O)O)cc1. The molecule has 0 aliphatic heterocycles. The van der Waals surface area contributed by atoms with E-state index in [9.17, 15) is 9.59 Å². The van der Waals surface area contributed by atoms with Gasteiger partial charge in [-0.2, -0.15) is 0 Å². The van der Waals surface area contributed by atoms with E-state index in [1.165, 1.54) is 0 Å². The van der Waals surface area contributed by atoms with Crippen LogP contribution in [0.1, 0.15) is 24.2 Å². The molecule has 1 rings (SSSR count). The highest BCUT2D eigenvalue weighted by molar-refractivity contribution is 5.96. The molecule has 3 N–H and O–H groups in total. The first-order valence-corrected chi connectivity index (χ1v) is 5.35. The van der Waals surface area contributed by atoms with E-state index in [0.29, 0.717) is 11.6 Å². The monoisotopic (exact) mass is 236 g/mol. The van der Waals surface area contributed by atoms with E-state index in [2.05, 4.69) is 10.6 Å². The van der Waals surface area contributed by atoms with Crippen LogP contribution in [0, 0.1) is 0 Å². The average molecular weight is 236 g/mol. The van der Waals surface area contributed by atoms with Crippen LogP contribution in [0.2, 0.25) is 0 Å². The van der Waals surface area contributed by atoms with Crippen LogP contribution in [0.3, 0.4) is 0 Å². The Morgan fingerprint density at radius 1 is 1.24 bits per heavy atom. The molecule has 92 valence electrons. The largest absolute Gasteiger partial charge is 0.480 e. The number of carbonyl (C=O) groups is 2. The van der Waals surface area contributed by atoms with Crippen molar-refractivity contribution in [3.8, 4) is 0 Å². The molecule has 0 unspecified atom stereocenters. The van der Waals surface area contributed by atoms with E-state index in [0.717, 1.165) is 5.69 Å². The number of amides is 1. The van der Waals surface area contributed by atoms with Gasteiger partial charge in [0.25, 0.3) is 5.91 Å². The normalized spacial score (nSPS) is 10.1. The molecule has 0 atom stereocenters. The molecule has 5 heteroatoms. The molecule has 0 heterocycles. The topological polar surface area (TPSA) is 78.4 Å². The molecule has 1 aromatic carbocycles. The van der Waals surface area contributed by atoms with Gasteiger partial charge in [-0.1, -0.05) is 0 Å². The second-order valence-electron chi connectivity index (χ2n) is 3.95. The van der Waals surface area contributed by atoms with Gasteiger partial charge >= 0.3 is 5.97 Å². The van der Waals surface area contributed by atoms with Crippen molar-refractivity contribution >= 4 is 17.6 Å². The fourth-order valence-corrected chi connectivity index (χ4v) is 1.31. The molecule has 0 saturated heterocycles. The molecule has 0 aliphatic carbocycles. The zero-order valence-corrected chi connectivity index (χ0v) is 9.86. The van der Waals surface area contributed by atoms with E-state index < -0.39 is 5.97 Å². The second-order valence-corrected chi connectivity index (χ2v) is 3.95.